The molecule has 0 aromatic heterocycles. The summed E-state index contributed by atoms with van der Waals surface area (Å²) in [6.45, 7) is 3.25. The van der Waals surface area contributed by atoms with Gasteiger partial charge in [-0.1, -0.05) is 12.2 Å². The fourth-order valence-corrected chi connectivity index (χ4v) is 3.99. The maximum Gasteiger partial charge on any atom is 0.330 e. The van der Waals surface area contributed by atoms with E-state index in [0.717, 1.165) is 11.3 Å². The molecule has 7 heteroatoms. The van der Waals surface area contributed by atoms with Gasteiger partial charge in [-0.3, -0.25) is 19.3 Å². The molecule has 124 valence electrons. The molecule has 2 amide bonds. The minimum absolute atomic E-state index is 0.0121. The molecule has 4 unspecified atom stereocenters. The molecule has 2 aliphatic carbocycles. The summed E-state index contributed by atoms with van der Waals surface area (Å²) < 4.78 is 5.05. The minimum Gasteiger partial charge on any atom is -0.481 e. The molecule has 1 saturated heterocycles. The molecule has 1 saturated carbocycles. The van der Waals surface area contributed by atoms with Gasteiger partial charge in [-0.15, -0.1) is 0 Å². The number of carbonyl (C=O) groups is 4. The zero-order valence-electron chi connectivity index (χ0n) is 13.0. The number of fused-ring (bicyclic) bond motifs is 5. The summed E-state index contributed by atoms with van der Waals surface area (Å²) in [5.74, 6) is -3.87. The number of likely N-dealkylation sites (tertiary alicyclic amines) is 1. The van der Waals surface area contributed by atoms with Crippen LogP contribution in [0.2, 0.25) is 0 Å². The number of allylic oxidation sites excluding steroid dienone is 2. The van der Waals surface area contributed by atoms with E-state index in [1.54, 1.807) is 13.8 Å². The molecule has 0 radical (unpaired) electrons. The number of nitrogens with zero attached hydrogens (tertiary/aromatic N) is 1. The van der Waals surface area contributed by atoms with E-state index >= 15 is 0 Å². The Morgan fingerprint density at radius 2 is 1.74 bits per heavy atom. The predicted octanol–water partition coefficient (Wildman–Crippen LogP) is 0.588. The lowest BCUT2D eigenvalue weighted by molar-refractivity contribution is -0.164. The largest absolute Gasteiger partial charge is 0.481 e. The summed E-state index contributed by atoms with van der Waals surface area (Å²) in [5, 5.41) is 9.05. The van der Waals surface area contributed by atoms with Gasteiger partial charge in [-0.05, 0) is 32.1 Å². The molecule has 0 spiro atoms. The second kappa shape index (κ2) is 5.47. The summed E-state index contributed by atoms with van der Waals surface area (Å²) in [6.07, 6.45) is 3.58. The van der Waals surface area contributed by atoms with E-state index in [2.05, 4.69) is 0 Å². The van der Waals surface area contributed by atoms with Gasteiger partial charge in [0.1, 0.15) is 6.04 Å². The Balaban J connectivity index is 1.88. The predicted molar refractivity (Wildman–Crippen MR) is 76.8 cm³/mol. The molecule has 0 aromatic carbocycles. The highest BCUT2D eigenvalue weighted by Gasteiger charge is 2.61. The summed E-state index contributed by atoms with van der Waals surface area (Å²) >= 11 is 0. The molecule has 3 rings (SSSR count). The smallest absolute Gasteiger partial charge is 0.330 e. The van der Waals surface area contributed by atoms with Crippen molar-refractivity contribution in [2.24, 2.45) is 23.7 Å². The van der Waals surface area contributed by atoms with Crippen LogP contribution >= 0.6 is 0 Å². The summed E-state index contributed by atoms with van der Waals surface area (Å²) in [5.41, 5.74) is 0. The van der Waals surface area contributed by atoms with Gasteiger partial charge < -0.3 is 9.84 Å². The molecule has 0 aromatic rings. The van der Waals surface area contributed by atoms with Gasteiger partial charge >= 0.3 is 11.9 Å². The molecule has 1 N–H and O–H groups in total. The number of rotatable bonds is 5. The SMILES string of the molecule is CC(C)OC(=O)[C@H](CC(=O)O)N1C(=O)C2C3C=CC(C3)C2C1=O. The fourth-order valence-electron chi connectivity index (χ4n) is 3.99. The van der Waals surface area contributed by atoms with E-state index < -0.39 is 54.2 Å². The van der Waals surface area contributed by atoms with Crippen molar-refractivity contribution in [1.29, 1.82) is 0 Å². The highest BCUT2D eigenvalue weighted by Crippen LogP contribution is 2.53. The Morgan fingerprint density at radius 3 is 2.17 bits per heavy atom. The van der Waals surface area contributed by atoms with Crippen LogP contribution in [-0.2, 0) is 23.9 Å². The van der Waals surface area contributed by atoms with Crippen LogP contribution in [-0.4, -0.2) is 45.9 Å². The second-order valence-electron chi connectivity index (χ2n) is 6.65. The van der Waals surface area contributed by atoms with Gasteiger partial charge in [0.2, 0.25) is 11.8 Å². The summed E-state index contributed by atoms with van der Waals surface area (Å²) in [4.78, 5) is 49.5. The van der Waals surface area contributed by atoms with E-state index in [1.807, 2.05) is 12.2 Å². The summed E-state index contributed by atoms with van der Waals surface area (Å²) in [7, 11) is 0. The first-order chi connectivity index (χ1) is 10.8. The van der Waals surface area contributed by atoms with Crippen LogP contribution in [0.4, 0.5) is 0 Å². The highest BCUT2D eigenvalue weighted by atomic mass is 16.5. The highest BCUT2D eigenvalue weighted by molar-refractivity contribution is 6.09. The Kier molecular flexibility index (Phi) is 3.74. The monoisotopic (exact) mass is 321 g/mol. The van der Waals surface area contributed by atoms with E-state index in [4.69, 9.17) is 9.84 Å². The maximum absolute atomic E-state index is 12.7. The number of carbonyl (C=O) groups excluding carboxylic acids is 3. The van der Waals surface area contributed by atoms with Crippen molar-refractivity contribution in [3.8, 4) is 0 Å². The van der Waals surface area contributed by atoms with Crippen molar-refractivity contribution in [3.63, 3.8) is 0 Å². The number of esters is 1. The third-order valence-corrected chi connectivity index (χ3v) is 4.81. The molecule has 2 fully saturated rings. The first-order valence-electron chi connectivity index (χ1n) is 7.78. The standard InChI is InChI=1S/C16H19NO6/c1-7(2)23-16(22)10(6-11(18)19)17-14(20)12-8-3-4-9(5-8)13(12)15(17)21/h3-4,7-10,12-13H,5-6H2,1-2H3,(H,18,19)/t8?,9?,10-,12?,13?/m0/s1. The fraction of sp³-hybridized carbons (Fsp3) is 0.625. The molecule has 5 atom stereocenters. The van der Waals surface area contributed by atoms with E-state index in [9.17, 15) is 19.2 Å². The topological polar surface area (TPSA) is 101 Å². The molecule has 1 aliphatic heterocycles. The van der Waals surface area contributed by atoms with Crippen molar-refractivity contribution in [1.82, 2.24) is 4.90 Å². The third kappa shape index (κ3) is 2.44. The number of ether oxygens (including phenoxy) is 1. The quantitative estimate of drug-likeness (QED) is 0.452. The van der Waals surface area contributed by atoms with Crippen LogP contribution in [0.5, 0.6) is 0 Å². The van der Waals surface area contributed by atoms with Crippen molar-refractivity contribution < 1.29 is 29.0 Å². The number of carboxylic acid groups (broad SMARTS) is 1. The molecular formula is C16H19NO6. The van der Waals surface area contributed by atoms with E-state index in [-0.39, 0.29) is 11.8 Å². The number of hydrogen-bond acceptors (Lipinski definition) is 5. The first-order valence-corrected chi connectivity index (χ1v) is 7.78. The molecule has 23 heavy (non-hydrogen) atoms. The van der Waals surface area contributed by atoms with Crippen molar-refractivity contribution in [3.05, 3.63) is 12.2 Å². The van der Waals surface area contributed by atoms with Crippen LogP contribution in [0.25, 0.3) is 0 Å². The maximum atomic E-state index is 12.7. The minimum atomic E-state index is -1.39. The number of imide groups is 1. The molecule has 2 bridgehead atoms. The van der Waals surface area contributed by atoms with Gasteiger partial charge in [0.15, 0.2) is 0 Å². The van der Waals surface area contributed by atoms with Crippen LogP contribution in [0.3, 0.4) is 0 Å². The molecule has 1 heterocycles. The second-order valence-corrected chi connectivity index (χ2v) is 6.65. The van der Waals surface area contributed by atoms with Crippen LogP contribution in [0.15, 0.2) is 12.2 Å². The zero-order chi connectivity index (χ0) is 16.9. The van der Waals surface area contributed by atoms with Gasteiger partial charge in [0.05, 0.1) is 24.4 Å². The summed E-state index contributed by atoms with van der Waals surface area (Å²) in [6, 6.07) is -1.39. The van der Waals surface area contributed by atoms with E-state index in [1.165, 1.54) is 0 Å². The van der Waals surface area contributed by atoms with Gasteiger partial charge in [0, 0.05) is 0 Å². The number of carboxylic acids is 1. The van der Waals surface area contributed by atoms with Gasteiger partial charge in [-0.25, -0.2) is 4.79 Å². The first kappa shape index (κ1) is 15.7. The van der Waals surface area contributed by atoms with Crippen molar-refractivity contribution in [2.45, 2.75) is 38.8 Å². The van der Waals surface area contributed by atoms with Crippen LogP contribution in [0.1, 0.15) is 26.7 Å². The van der Waals surface area contributed by atoms with E-state index in [0.29, 0.717) is 0 Å². The molecule has 7 nitrogen and oxygen atoms in total. The lowest BCUT2D eigenvalue weighted by Crippen LogP contribution is -2.48. The zero-order valence-corrected chi connectivity index (χ0v) is 13.0. The van der Waals surface area contributed by atoms with Gasteiger partial charge in [0.25, 0.3) is 0 Å². The number of amides is 2. The average molecular weight is 321 g/mol. The van der Waals surface area contributed by atoms with Crippen molar-refractivity contribution >= 4 is 23.8 Å². The Bertz CT molecular complexity index is 580. The van der Waals surface area contributed by atoms with Crippen LogP contribution < -0.4 is 0 Å². The van der Waals surface area contributed by atoms with Crippen LogP contribution in [0, 0.1) is 23.7 Å². The number of hydrogen-bond donors (Lipinski definition) is 1. The molecular weight excluding hydrogens is 302 g/mol. The third-order valence-electron chi connectivity index (χ3n) is 4.81. The number of aliphatic carboxylic acids is 1. The Hall–Kier alpha value is -2.18. The lowest BCUT2D eigenvalue weighted by Gasteiger charge is -2.25. The van der Waals surface area contributed by atoms with Gasteiger partial charge in [-0.2, -0.15) is 0 Å². The molecule has 3 aliphatic rings. The Morgan fingerprint density at radius 1 is 1.22 bits per heavy atom. The normalized spacial score (nSPS) is 32.6. The Labute approximate surface area is 133 Å². The van der Waals surface area contributed by atoms with Crippen molar-refractivity contribution in [2.75, 3.05) is 0 Å². The average Bonchev–Trinajstić information content (AvgIpc) is 3.10. The lowest BCUT2D eigenvalue weighted by atomic mass is 9.85.